The zero-order chi connectivity index (χ0) is 16.4. The molecule has 0 aliphatic carbocycles. The van der Waals surface area contributed by atoms with E-state index in [1.165, 1.54) is 4.90 Å². The van der Waals surface area contributed by atoms with Crippen molar-refractivity contribution >= 4 is 17.5 Å². The number of hydrogen-bond donors (Lipinski definition) is 0. The summed E-state index contributed by atoms with van der Waals surface area (Å²) in [5, 5.41) is 0. The molecule has 0 fully saturated rings. The van der Waals surface area contributed by atoms with E-state index in [4.69, 9.17) is 0 Å². The van der Waals surface area contributed by atoms with E-state index in [9.17, 15) is 9.59 Å². The normalized spacial score (nSPS) is 13.4. The molecule has 0 saturated carbocycles. The number of anilines is 1. The summed E-state index contributed by atoms with van der Waals surface area (Å²) < 4.78 is 0. The minimum atomic E-state index is -0.209. The van der Waals surface area contributed by atoms with Gasteiger partial charge in [0.2, 0.25) is 0 Å². The molecule has 23 heavy (non-hydrogen) atoms. The van der Waals surface area contributed by atoms with Crippen molar-refractivity contribution in [1.29, 1.82) is 0 Å². The first-order chi connectivity index (χ1) is 11.2. The highest BCUT2D eigenvalue weighted by Crippen LogP contribution is 2.25. The van der Waals surface area contributed by atoms with Gasteiger partial charge in [-0.05, 0) is 43.7 Å². The third-order valence-corrected chi connectivity index (χ3v) is 4.26. The highest BCUT2D eigenvalue weighted by molar-refractivity contribution is 6.21. The number of nitrogens with zero attached hydrogens (tertiary/aromatic N) is 2. The SMILES string of the molecule is CCN(CC)c1cccc(CN2C(=O)c3ccccc3C2=O)c1. The van der Waals surface area contributed by atoms with Crippen LogP contribution >= 0.6 is 0 Å². The highest BCUT2D eigenvalue weighted by Gasteiger charge is 2.34. The zero-order valence-corrected chi connectivity index (χ0v) is 13.5. The summed E-state index contributed by atoms with van der Waals surface area (Å²) in [4.78, 5) is 28.4. The minimum absolute atomic E-state index is 0.209. The third-order valence-electron chi connectivity index (χ3n) is 4.26. The number of imide groups is 1. The number of rotatable bonds is 5. The van der Waals surface area contributed by atoms with Gasteiger partial charge in [-0.15, -0.1) is 0 Å². The molecule has 0 saturated heterocycles. The predicted molar refractivity (Wildman–Crippen MR) is 90.6 cm³/mol. The minimum Gasteiger partial charge on any atom is -0.372 e. The molecular weight excluding hydrogens is 288 g/mol. The molecule has 0 atom stereocenters. The maximum absolute atomic E-state index is 12.4. The van der Waals surface area contributed by atoms with Gasteiger partial charge in [0.15, 0.2) is 0 Å². The quantitative estimate of drug-likeness (QED) is 0.796. The zero-order valence-electron chi connectivity index (χ0n) is 13.5. The fourth-order valence-electron chi connectivity index (χ4n) is 3.01. The number of carbonyl (C=O) groups excluding carboxylic acids is 2. The second-order valence-corrected chi connectivity index (χ2v) is 5.58. The molecule has 0 N–H and O–H groups in total. The van der Waals surface area contributed by atoms with Crippen LogP contribution in [0.3, 0.4) is 0 Å². The van der Waals surface area contributed by atoms with Gasteiger partial charge >= 0.3 is 0 Å². The van der Waals surface area contributed by atoms with E-state index >= 15 is 0 Å². The van der Waals surface area contributed by atoms with E-state index in [-0.39, 0.29) is 11.8 Å². The summed E-state index contributed by atoms with van der Waals surface area (Å²) in [5.41, 5.74) is 3.07. The summed E-state index contributed by atoms with van der Waals surface area (Å²) in [6.07, 6.45) is 0. The highest BCUT2D eigenvalue weighted by atomic mass is 16.2. The predicted octanol–water partition coefficient (Wildman–Crippen LogP) is 3.33. The van der Waals surface area contributed by atoms with Gasteiger partial charge in [-0.2, -0.15) is 0 Å². The third kappa shape index (κ3) is 2.72. The Morgan fingerprint density at radius 2 is 1.48 bits per heavy atom. The van der Waals surface area contributed by atoms with Crippen LogP contribution < -0.4 is 4.90 Å². The smallest absolute Gasteiger partial charge is 0.261 e. The van der Waals surface area contributed by atoms with Crippen molar-refractivity contribution in [3.05, 3.63) is 65.2 Å². The molecule has 1 heterocycles. The monoisotopic (exact) mass is 308 g/mol. The van der Waals surface area contributed by atoms with Crippen molar-refractivity contribution < 1.29 is 9.59 Å². The van der Waals surface area contributed by atoms with Crippen molar-refractivity contribution in [2.45, 2.75) is 20.4 Å². The van der Waals surface area contributed by atoms with Crippen LogP contribution in [0.5, 0.6) is 0 Å². The fourth-order valence-corrected chi connectivity index (χ4v) is 3.01. The van der Waals surface area contributed by atoms with Crippen molar-refractivity contribution in [3.8, 4) is 0 Å². The van der Waals surface area contributed by atoms with Crippen LogP contribution in [-0.2, 0) is 6.54 Å². The summed E-state index contributed by atoms with van der Waals surface area (Å²) in [5.74, 6) is -0.419. The van der Waals surface area contributed by atoms with Gasteiger partial charge in [0.1, 0.15) is 0 Å². The molecule has 118 valence electrons. The molecule has 2 amide bonds. The Labute approximate surface area is 136 Å². The average molecular weight is 308 g/mol. The van der Waals surface area contributed by atoms with Crippen LogP contribution in [0.25, 0.3) is 0 Å². The second kappa shape index (κ2) is 6.24. The second-order valence-electron chi connectivity index (χ2n) is 5.58. The molecule has 2 aromatic rings. The topological polar surface area (TPSA) is 40.6 Å². The van der Waals surface area contributed by atoms with E-state index in [1.54, 1.807) is 24.3 Å². The van der Waals surface area contributed by atoms with E-state index < -0.39 is 0 Å². The van der Waals surface area contributed by atoms with Crippen LogP contribution in [0.15, 0.2) is 48.5 Å². The van der Waals surface area contributed by atoms with Crippen LogP contribution in [0, 0.1) is 0 Å². The van der Waals surface area contributed by atoms with E-state index in [0.29, 0.717) is 17.7 Å². The average Bonchev–Trinajstić information content (AvgIpc) is 2.82. The molecule has 0 bridgehead atoms. The molecule has 1 aliphatic heterocycles. The van der Waals surface area contributed by atoms with Crippen molar-refractivity contribution in [2.75, 3.05) is 18.0 Å². The molecule has 4 nitrogen and oxygen atoms in total. The van der Waals surface area contributed by atoms with Gasteiger partial charge in [0.25, 0.3) is 11.8 Å². The largest absolute Gasteiger partial charge is 0.372 e. The Kier molecular flexibility index (Phi) is 4.15. The van der Waals surface area contributed by atoms with E-state index in [0.717, 1.165) is 24.3 Å². The Morgan fingerprint density at radius 3 is 2.04 bits per heavy atom. The summed E-state index contributed by atoms with van der Waals surface area (Å²) >= 11 is 0. The summed E-state index contributed by atoms with van der Waals surface area (Å²) in [6.45, 7) is 6.38. The number of hydrogen-bond acceptors (Lipinski definition) is 3. The number of benzene rings is 2. The molecule has 0 aromatic heterocycles. The van der Waals surface area contributed by atoms with Gasteiger partial charge in [0.05, 0.1) is 17.7 Å². The Hall–Kier alpha value is -2.62. The molecule has 2 aromatic carbocycles. The molecular formula is C19H20N2O2. The first-order valence-corrected chi connectivity index (χ1v) is 7.94. The van der Waals surface area contributed by atoms with Gasteiger partial charge in [-0.1, -0.05) is 24.3 Å². The first kappa shape index (κ1) is 15.3. The summed E-state index contributed by atoms with van der Waals surface area (Å²) in [6, 6.07) is 15.0. The molecule has 0 unspecified atom stereocenters. The van der Waals surface area contributed by atoms with E-state index in [2.05, 4.69) is 30.9 Å². The lowest BCUT2D eigenvalue weighted by atomic mass is 10.1. The maximum atomic E-state index is 12.4. The van der Waals surface area contributed by atoms with Gasteiger partial charge in [-0.3, -0.25) is 14.5 Å². The van der Waals surface area contributed by atoms with Gasteiger partial charge in [0, 0.05) is 18.8 Å². The molecule has 0 radical (unpaired) electrons. The van der Waals surface area contributed by atoms with E-state index in [1.807, 2.05) is 12.1 Å². The molecule has 0 spiro atoms. The van der Waals surface area contributed by atoms with Crippen LogP contribution in [0.1, 0.15) is 40.1 Å². The van der Waals surface area contributed by atoms with Crippen LogP contribution in [-0.4, -0.2) is 29.8 Å². The van der Waals surface area contributed by atoms with Crippen LogP contribution in [0.4, 0.5) is 5.69 Å². The van der Waals surface area contributed by atoms with Crippen LogP contribution in [0.2, 0.25) is 0 Å². The first-order valence-electron chi connectivity index (χ1n) is 7.94. The van der Waals surface area contributed by atoms with Gasteiger partial charge < -0.3 is 4.90 Å². The number of carbonyl (C=O) groups is 2. The lowest BCUT2D eigenvalue weighted by molar-refractivity contribution is 0.0642. The standard InChI is InChI=1S/C19H20N2O2/c1-3-20(4-2)15-9-7-8-14(12-15)13-21-18(22)16-10-5-6-11-17(16)19(21)23/h5-12H,3-4,13H2,1-2H3. The Bertz CT molecular complexity index is 716. The van der Waals surface area contributed by atoms with Gasteiger partial charge in [-0.25, -0.2) is 0 Å². The summed E-state index contributed by atoms with van der Waals surface area (Å²) in [7, 11) is 0. The van der Waals surface area contributed by atoms with Crippen molar-refractivity contribution in [2.24, 2.45) is 0 Å². The lowest BCUT2D eigenvalue weighted by Gasteiger charge is -2.22. The molecule has 3 rings (SSSR count). The maximum Gasteiger partial charge on any atom is 0.261 e. The Morgan fingerprint density at radius 1 is 0.870 bits per heavy atom. The number of amides is 2. The van der Waals surface area contributed by atoms with Crippen molar-refractivity contribution in [3.63, 3.8) is 0 Å². The fraction of sp³-hybridized carbons (Fsp3) is 0.263. The lowest BCUT2D eigenvalue weighted by Crippen LogP contribution is -2.29. The number of fused-ring (bicyclic) bond motifs is 1. The molecule has 4 heteroatoms. The Balaban J connectivity index is 1.85. The van der Waals surface area contributed by atoms with Crippen molar-refractivity contribution in [1.82, 2.24) is 4.90 Å². The molecule has 1 aliphatic rings.